The number of anilines is 1. The first-order valence-electron chi connectivity index (χ1n) is 7.06. The summed E-state index contributed by atoms with van der Waals surface area (Å²) < 4.78 is 10.7. The molecule has 0 fully saturated rings. The molecule has 0 atom stereocenters. The quantitative estimate of drug-likeness (QED) is 0.666. The predicted molar refractivity (Wildman–Crippen MR) is 89.7 cm³/mol. The number of carbonyl (C=O) groups is 1. The summed E-state index contributed by atoms with van der Waals surface area (Å²) in [6.07, 6.45) is 1.51. The zero-order valence-electron chi connectivity index (χ0n) is 12.9. The summed E-state index contributed by atoms with van der Waals surface area (Å²) in [5, 5.41) is 1.95. The van der Waals surface area contributed by atoms with Crippen LogP contribution in [0.1, 0.15) is 16.1 Å². The van der Waals surface area contributed by atoms with E-state index >= 15 is 0 Å². The molecule has 0 saturated carbocycles. The number of rotatable bonds is 5. The second-order valence-electron chi connectivity index (χ2n) is 5.14. The first kappa shape index (κ1) is 15.3. The number of ether oxygens (including phenoxy) is 1. The van der Waals surface area contributed by atoms with Gasteiger partial charge in [-0.05, 0) is 35.7 Å². The summed E-state index contributed by atoms with van der Waals surface area (Å²) >= 11 is 1.55. The summed E-state index contributed by atoms with van der Waals surface area (Å²) in [6.45, 7) is 0.0864. The van der Waals surface area contributed by atoms with Crippen molar-refractivity contribution in [2.75, 3.05) is 19.0 Å². The van der Waals surface area contributed by atoms with Gasteiger partial charge in [0.25, 0.3) is 0 Å². The van der Waals surface area contributed by atoms with E-state index in [1.807, 2.05) is 48.6 Å². The van der Waals surface area contributed by atoms with Gasteiger partial charge < -0.3 is 14.1 Å². The van der Waals surface area contributed by atoms with Crippen molar-refractivity contribution >= 4 is 23.0 Å². The lowest BCUT2D eigenvalue weighted by atomic mass is 10.2. The van der Waals surface area contributed by atoms with E-state index in [1.54, 1.807) is 23.5 Å². The second kappa shape index (κ2) is 6.66. The molecule has 0 aliphatic heterocycles. The van der Waals surface area contributed by atoms with Gasteiger partial charge in [0.2, 0.25) is 5.89 Å². The number of carbonyl (C=O) groups excluding carboxylic acids is 1. The minimum absolute atomic E-state index is 0.0864. The zero-order valence-corrected chi connectivity index (χ0v) is 13.7. The highest BCUT2D eigenvalue weighted by atomic mass is 32.1. The van der Waals surface area contributed by atoms with Crippen molar-refractivity contribution in [3.05, 3.63) is 59.3 Å². The number of esters is 1. The highest BCUT2D eigenvalue weighted by Crippen LogP contribution is 2.24. The van der Waals surface area contributed by atoms with E-state index in [2.05, 4.69) is 4.98 Å². The molecule has 6 heteroatoms. The van der Waals surface area contributed by atoms with Crippen molar-refractivity contribution in [2.24, 2.45) is 0 Å². The molecule has 0 N–H and O–H groups in total. The summed E-state index contributed by atoms with van der Waals surface area (Å²) in [6, 6.07) is 11.1. The molecule has 2 aromatic heterocycles. The third-order valence-electron chi connectivity index (χ3n) is 3.25. The Morgan fingerprint density at radius 1 is 1.26 bits per heavy atom. The number of hydrogen-bond donors (Lipinski definition) is 0. The fraction of sp³-hybridized carbons (Fsp3) is 0.176. The minimum atomic E-state index is -0.379. The fourth-order valence-corrected chi connectivity index (χ4v) is 2.66. The average molecular weight is 328 g/mol. The van der Waals surface area contributed by atoms with Crippen LogP contribution in [0.25, 0.3) is 10.8 Å². The predicted octanol–water partition coefficient (Wildman–Crippen LogP) is 3.83. The Bertz CT molecular complexity index is 777. The molecule has 0 saturated heterocycles. The van der Waals surface area contributed by atoms with E-state index in [0.717, 1.165) is 10.6 Å². The number of nitrogens with zero attached hydrogens (tertiary/aromatic N) is 2. The highest BCUT2D eigenvalue weighted by molar-refractivity contribution is 7.13. The molecule has 0 unspecified atom stereocenters. The van der Waals surface area contributed by atoms with Crippen molar-refractivity contribution < 1.29 is 13.9 Å². The summed E-state index contributed by atoms with van der Waals surface area (Å²) in [5.41, 5.74) is 2.13. The van der Waals surface area contributed by atoms with E-state index in [-0.39, 0.29) is 12.6 Å². The number of aromatic nitrogens is 1. The molecule has 3 rings (SSSR count). The van der Waals surface area contributed by atoms with Gasteiger partial charge in [0.15, 0.2) is 0 Å². The van der Waals surface area contributed by atoms with Gasteiger partial charge in [0, 0.05) is 19.8 Å². The van der Waals surface area contributed by atoms with Gasteiger partial charge in [0.05, 0.1) is 10.4 Å². The van der Waals surface area contributed by atoms with E-state index in [4.69, 9.17) is 9.15 Å². The van der Waals surface area contributed by atoms with Crippen LogP contribution in [0.4, 0.5) is 5.69 Å². The molecule has 1 aromatic carbocycles. The van der Waals surface area contributed by atoms with Gasteiger partial charge in [0.1, 0.15) is 18.6 Å². The van der Waals surface area contributed by atoms with Crippen LogP contribution in [0.3, 0.4) is 0 Å². The summed E-state index contributed by atoms with van der Waals surface area (Å²) in [5.74, 6) is 0.164. The van der Waals surface area contributed by atoms with Crippen LogP contribution in [0.5, 0.6) is 0 Å². The Balaban J connectivity index is 1.60. The standard InChI is InChI=1S/C17H16N2O3S/c1-19(2)14-7-5-12(6-8-14)17(20)22-11-13-10-21-16(18-13)15-4-3-9-23-15/h3-10H,11H2,1-2H3. The SMILES string of the molecule is CN(C)c1ccc(C(=O)OCc2coc(-c3cccs3)n2)cc1. The monoisotopic (exact) mass is 328 g/mol. The smallest absolute Gasteiger partial charge is 0.338 e. The van der Waals surface area contributed by atoms with Crippen LogP contribution in [-0.2, 0) is 11.3 Å². The third-order valence-corrected chi connectivity index (χ3v) is 4.11. The lowest BCUT2D eigenvalue weighted by Gasteiger charge is -2.12. The van der Waals surface area contributed by atoms with Gasteiger partial charge in [-0.15, -0.1) is 11.3 Å². The molecule has 0 radical (unpaired) electrons. The van der Waals surface area contributed by atoms with Gasteiger partial charge in [-0.3, -0.25) is 0 Å². The maximum atomic E-state index is 12.0. The Hall–Kier alpha value is -2.60. The maximum Gasteiger partial charge on any atom is 0.338 e. The van der Waals surface area contributed by atoms with Gasteiger partial charge in [-0.2, -0.15) is 0 Å². The normalized spacial score (nSPS) is 10.5. The molecule has 3 aromatic rings. The lowest BCUT2D eigenvalue weighted by molar-refractivity contribution is 0.0468. The first-order valence-corrected chi connectivity index (χ1v) is 7.94. The largest absolute Gasteiger partial charge is 0.455 e. The van der Waals surface area contributed by atoms with Crippen molar-refractivity contribution in [3.8, 4) is 10.8 Å². The van der Waals surface area contributed by atoms with Crippen LogP contribution in [0.2, 0.25) is 0 Å². The fourth-order valence-electron chi connectivity index (χ4n) is 2.01. The Morgan fingerprint density at radius 2 is 2.04 bits per heavy atom. The molecule has 2 heterocycles. The average Bonchev–Trinajstić information content (AvgIpc) is 3.23. The zero-order chi connectivity index (χ0) is 16.2. The van der Waals surface area contributed by atoms with E-state index in [9.17, 15) is 4.79 Å². The van der Waals surface area contributed by atoms with Crippen LogP contribution >= 0.6 is 11.3 Å². The molecule has 0 bridgehead atoms. The Labute approximate surface area is 138 Å². The second-order valence-corrected chi connectivity index (χ2v) is 6.09. The van der Waals surface area contributed by atoms with E-state index in [1.165, 1.54) is 6.26 Å². The molecule has 0 amide bonds. The molecule has 0 spiro atoms. The maximum absolute atomic E-state index is 12.0. The number of benzene rings is 1. The van der Waals surface area contributed by atoms with Crippen LogP contribution < -0.4 is 4.90 Å². The summed E-state index contributed by atoms with van der Waals surface area (Å²) in [7, 11) is 3.89. The minimum Gasteiger partial charge on any atom is -0.455 e. The van der Waals surface area contributed by atoms with Gasteiger partial charge in [-0.1, -0.05) is 6.07 Å². The molecule has 0 aliphatic carbocycles. The van der Waals surface area contributed by atoms with Crippen molar-refractivity contribution in [1.29, 1.82) is 0 Å². The molecule has 5 nitrogen and oxygen atoms in total. The van der Waals surface area contributed by atoms with E-state index in [0.29, 0.717) is 17.1 Å². The van der Waals surface area contributed by atoms with Crippen LogP contribution in [0, 0.1) is 0 Å². The molecule has 23 heavy (non-hydrogen) atoms. The molecular formula is C17H16N2O3S. The molecule has 0 aliphatic rings. The summed E-state index contributed by atoms with van der Waals surface area (Å²) in [4.78, 5) is 19.3. The van der Waals surface area contributed by atoms with Gasteiger partial charge in [-0.25, -0.2) is 9.78 Å². The Kier molecular flexibility index (Phi) is 4.43. The van der Waals surface area contributed by atoms with Gasteiger partial charge >= 0.3 is 5.97 Å². The Morgan fingerprint density at radius 3 is 2.70 bits per heavy atom. The van der Waals surface area contributed by atoms with Crippen molar-refractivity contribution in [2.45, 2.75) is 6.61 Å². The molecular weight excluding hydrogens is 312 g/mol. The lowest BCUT2D eigenvalue weighted by Crippen LogP contribution is -2.09. The third kappa shape index (κ3) is 3.60. The molecule has 118 valence electrons. The van der Waals surface area contributed by atoms with E-state index < -0.39 is 0 Å². The number of hydrogen-bond acceptors (Lipinski definition) is 6. The topological polar surface area (TPSA) is 55.6 Å². The van der Waals surface area contributed by atoms with Crippen molar-refractivity contribution in [3.63, 3.8) is 0 Å². The van der Waals surface area contributed by atoms with Crippen LogP contribution in [0.15, 0.2) is 52.5 Å². The first-order chi connectivity index (χ1) is 11.1. The van der Waals surface area contributed by atoms with Crippen molar-refractivity contribution in [1.82, 2.24) is 4.98 Å². The number of oxazole rings is 1. The highest BCUT2D eigenvalue weighted by Gasteiger charge is 2.11. The van der Waals surface area contributed by atoms with Crippen LogP contribution in [-0.4, -0.2) is 25.0 Å². The number of thiophene rings is 1.